The summed E-state index contributed by atoms with van der Waals surface area (Å²) in [7, 11) is 1.29. The van der Waals surface area contributed by atoms with Crippen LogP contribution in [0.5, 0.6) is 0 Å². The normalized spacial score (nSPS) is 11.7. The number of carbonyl (C=O) groups is 2. The number of tetrazole rings is 1. The standard InChI is InChI=1S/C13H14ClN5O3/c1-22-13(21)6-11(9-4-2-3-5-10(9)14)16-12(20)7-19-8-15-17-18-19/h2-5,8,11H,6-7H2,1H3,(H,16,20)/t11-/m1/s1. The summed E-state index contributed by atoms with van der Waals surface area (Å²) in [5.41, 5.74) is 0.639. The van der Waals surface area contributed by atoms with Gasteiger partial charge in [0.25, 0.3) is 0 Å². The Bertz CT molecular complexity index is 647. The van der Waals surface area contributed by atoms with Gasteiger partial charge < -0.3 is 10.1 Å². The number of halogens is 1. The van der Waals surface area contributed by atoms with Gasteiger partial charge in [0.1, 0.15) is 12.9 Å². The lowest BCUT2D eigenvalue weighted by molar-refractivity contribution is -0.141. The maximum Gasteiger partial charge on any atom is 0.307 e. The van der Waals surface area contributed by atoms with Crippen molar-refractivity contribution < 1.29 is 14.3 Å². The molecule has 1 aromatic heterocycles. The number of hydrogen-bond acceptors (Lipinski definition) is 6. The first-order valence-corrected chi connectivity index (χ1v) is 6.79. The minimum absolute atomic E-state index is 0.0262. The Hall–Kier alpha value is -2.48. The maximum atomic E-state index is 12.1. The summed E-state index contributed by atoms with van der Waals surface area (Å²) < 4.78 is 5.93. The van der Waals surface area contributed by atoms with Crippen molar-refractivity contribution in [3.05, 3.63) is 41.2 Å². The van der Waals surface area contributed by atoms with Gasteiger partial charge in [-0.25, -0.2) is 4.68 Å². The highest BCUT2D eigenvalue weighted by Crippen LogP contribution is 2.25. The molecule has 0 radical (unpaired) electrons. The molecule has 8 nitrogen and oxygen atoms in total. The second kappa shape index (κ2) is 7.51. The van der Waals surface area contributed by atoms with E-state index < -0.39 is 12.0 Å². The van der Waals surface area contributed by atoms with Crippen molar-refractivity contribution in [1.82, 2.24) is 25.5 Å². The third kappa shape index (κ3) is 4.26. The van der Waals surface area contributed by atoms with Crippen LogP contribution in [0.15, 0.2) is 30.6 Å². The van der Waals surface area contributed by atoms with Crippen LogP contribution in [0, 0.1) is 0 Å². The van der Waals surface area contributed by atoms with Crippen LogP contribution in [0.1, 0.15) is 18.0 Å². The number of amides is 1. The van der Waals surface area contributed by atoms with Crippen LogP contribution < -0.4 is 5.32 Å². The highest BCUT2D eigenvalue weighted by molar-refractivity contribution is 6.31. The third-order valence-corrected chi connectivity index (χ3v) is 3.26. The molecule has 0 saturated heterocycles. The van der Waals surface area contributed by atoms with E-state index in [1.54, 1.807) is 24.3 Å². The smallest absolute Gasteiger partial charge is 0.307 e. The topological polar surface area (TPSA) is 99.0 Å². The Morgan fingerprint density at radius 3 is 2.82 bits per heavy atom. The minimum atomic E-state index is -0.592. The number of nitrogens with zero attached hydrogens (tertiary/aromatic N) is 4. The van der Waals surface area contributed by atoms with Crippen molar-refractivity contribution in [3.63, 3.8) is 0 Å². The van der Waals surface area contributed by atoms with E-state index in [0.29, 0.717) is 10.6 Å². The fourth-order valence-corrected chi connectivity index (χ4v) is 2.15. The van der Waals surface area contributed by atoms with Crippen LogP contribution in [0.25, 0.3) is 0 Å². The number of aromatic nitrogens is 4. The summed E-state index contributed by atoms with van der Waals surface area (Å²) in [6.07, 6.45) is 1.30. The molecule has 9 heteroatoms. The summed E-state index contributed by atoms with van der Waals surface area (Å²) in [5.74, 6) is -0.797. The zero-order chi connectivity index (χ0) is 15.9. The molecule has 0 fully saturated rings. The largest absolute Gasteiger partial charge is 0.469 e. The zero-order valence-corrected chi connectivity index (χ0v) is 12.5. The summed E-state index contributed by atoms with van der Waals surface area (Å²) in [5, 5.41) is 13.7. The molecule has 1 atom stereocenters. The van der Waals surface area contributed by atoms with Gasteiger partial charge in [0, 0.05) is 5.02 Å². The average molecular weight is 324 g/mol. The first-order valence-electron chi connectivity index (χ1n) is 6.41. The highest BCUT2D eigenvalue weighted by atomic mass is 35.5. The molecule has 116 valence electrons. The van der Waals surface area contributed by atoms with Crippen molar-refractivity contribution in [1.29, 1.82) is 0 Å². The Balaban J connectivity index is 2.12. The lowest BCUT2D eigenvalue weighted by Crippen LogP contribution is -2.33. The Morgan fingerprint density at radius 2 is 2.18 bits per heavy atom. The van der Waals surface area contributed by atoms with E-state index in [9.17, 15) is 9.59 Å². The second-order valence-corrected chi connectivity index (χ2v) is 4.84. The third-order valence-electron chi connectivity index (χ3n) is 2.91. The van der Waals surface area contributed by atoms with Crippen molar-refractivity contribution >= 4 is 23.5 Å². The SMILES string of the molecule is COC(=O)C[C@@H](NC(=O)Cn1cnnn1)c1ccccc1Cl. The number of rotatable bonds is 6. The molecule has 2 aromatic rings. The van der Waals surface area contributed by atoms with Gasteiger partial charge in [-0.1, -0.05) is 29.8 Å². The van der Waals surface area contributed by atoms with E-state index >= 15 is 0 Å². The minimum Gasteiger partial charge on any atom is -0.469 e. The van der Waals surface area contributed by atoms with Gasteiger partial charge in [0.2, 0.25) is 5.91 Å². The molecule has 0 saturated carbocycles. The number of methoxy groups -OCH3 is 1. The Morgan fingerprint density at radius 1 is 1.41 bits per heavy atom. The zero-order valence-electron chi connectivity index (χ0n) is 11.8. The number of nitrogens with one attached hydrogen (secondary N) is 1. The van der Waals surface area contributed by atoms with Gasteiger partial charge in [-0.3, -0.25) is 9.59 Å². The second-order valence-electron chi connectivity index (χ2n) is 4.43. The van der Waals surface area contributed by atoms with Crippen LogP contribution >= 0.6 is 11.6 Å². The maximum absolute atomic E-state index is 12.1. The van der Waals surface area contributed by atoms with E-state index in [2.05, 4.69) is 25.6 Å². The van der Waals surface area contributed by atoms with Crippen molar-refractivity contribution in [2.24, 2.45) is 0 Å². The highest BCUT2D eigenvalue weighted by Gasteiger charge is 2.21. The summed E-state index contributed by atoms with van der Waals surface area (Å²) in [4.78, 5) is 23.6. The van der Waals surface area contributed by atoms with Gasteiger partial charge in [0.15, 0.2) is 0 Å². The van der Waals surface area contributed by atoms with E-state index in [4.69, 9.17) is 11.6 Å². The molecule has 22 heavy (non-hydrogen) atoms. The van der Waals surface area contributed by atoms with E-state index in [1.165, 1.54) is 18.1 Å². The van der Waals surface area contributed by atoms with Gasteiger partial charge in [-0.15, -0.1) is 5.10 Å². The molecule has 2 rings (SSSR count). The van der Waals surface area contributed by atoms with Gasteiger partial charge >= 0.3 is 5.97 Å². The quantitative estimate of drug-likeness (QED) is 0.787. The monoisotopic (exact) mass is 323 g/mol. The molecular weight excluding hydrogens is 310 g/mol. The predicted octanol–water partition coefficient (Wildman–Crippen LogP) is 0.747. The van der Waals surface area contributed by atoms with Crippen LogP contribution in [0.2, 0.25) is 5.02 Å². The van der Waals surface area contributed by atoms with Crippen LogP contribution in [-0.4, -0.2) is 39.2 Å². The molecule has 1 heterocycles. The fraction of sp³-hybridized carbons (Fsp3) is 0.308. The lowest BCUT2D eigenvalue weighted by atomic mass is 10.0. The lowest BCUT2D eigenvalue weighted by Gasteiger charge is -2.19. The molecule has 1 N–H and O–H groups in total. The van der Waals surface area contributed by atoms with Gasteiger partial charge in [-0.05, 0) is 22.1 Å². The summed E-state index contributed by atoms with van der Waals surface area (Å²) in [6.45, 7) is -0.0604. The average Bonchev–Trinajstić information content (AvgIpc) is 2.99. The molecule has 0 aliphatic carbocycles. The molecular formula is C13H14ClN5O3. The van der Waals surface area contributed by atoms with E-state index in [1.807, 2.05) is 0 Å². The molecule has 0 aliphatic heterocycles. The molecule has 1 aromatic carbocycles. The molecule has 1 amide bonds. The first-order chi connectivity index (χ1) is 10.6. The van der Waals surface area contributed by atoms with Crippen molar-refractivity contribution in [2.45, 2.75) is 19.0 Å². The van der Waals surface area contributed by atoms with Crippen molar-refractivity contribution in [2.75, 3.05) is 7.11 Å². The molecule has 0 spiro atoms. The van der Waals surface area contributed by atoms with Gasteiger partial charge in [-0.2, -0.15) is 0 Å². The summed E-state index contributed by atoms with van der Waals surface area (Å²) in [6, 6.07) is 6.38. The predicted molar refractivity (Wildman–Crippen MR) is 76.8 cm³/mol. The molecule has 0 aliphatic rings. The summed E-state index contributed by atoms with van der Waals surface area (Å²) >= 11 is 6.13. The fourth-order valence-electron chi connectivity index (χ4n) is 1.89. The first kappa shape index (κ1) is 15.9. The number of hydrogen-bond donors (Lipinski definition) is 1. The van der Waals surface area contributed by atoms with Crippen molar-refractivity contribution in [3.8, 4) is 0 Å². The molecule has 0 unspecified atom stereocenters. The number of benzene rings is 1. The number of carbonyl (C=O) groups excluding carboxylic acids is 2. The molecule has 0 bridgehead atoms. The van der Waals surface area contributed by atoms with E-state index in [0.717, 1.165) is 0 Å². The van der Waals surface area contributed by atoms with E-state index in [-0.39, 0.29) is 18.9 Å². The van der Waals surface area contributed by atoms with Gasteiger partial charge in [0.05, 0.1) is 19.6 Å². The number of esters is 1. The van der Waals surface area contributed by atoms with Crippen LogP contribution in [0.4, 0.5) is 0 Å². The van der Waals surface area contributed by atoms with Crippen LogP contribution in [0.3, 0.4) is 0 Å². The number of ether oxygens (including phenoxy) is 1. The van der Waals surface area contributed by atoms with Crippen LogP contribution in [-0.2, 0) is 20.9 Å². The Labute approximate surface area is 131 Å². The Kier molecular flexibility index (Phi) is 5.42.